The minimum Gasteiger partial charge on any atom is -0.462 e. The van der Waals surface area contributed by atoms with Gasteiger partial charge in [-0.15, -0.1) is 0 Å². The number of hydrogen-bond acceptors (Lipinski definition) is 5. The van der Waals surface area contributed by atoms with Crippen molar-refractivity contribution in [2.45, 2.75) is 6.92 Å². The molecular weight excluding hydrogens is 222 g/mol. The van der Waals surface area contributed by atoms with Crippen LogP contribution in [0.1, 0.15) is 17.3 Å². The molecule has 0 fully saturated rings. The molecule has 88 valence electrons. The van der Waals surface area contributed by atoms with Gasteiger partial charge in [-0.25, -0.2) is 4.79 Å². The highest BCUT2D eigenvalue weighted by Gasteiger charge is 2.19. The topological polar surface area (TPSA) is 82.5 Å². The Hall–Kier alpha value is -2.30. The first kappa shape index (κ1) is 11.2. The molecule has 0 aliphatic carbocycles. The van der Waals surface area contributed by atoms with Gasteiger partial charge < -0.3 is 14.9 Å². The molecule has 1 aromatic carbocycles. The third-order valence-corrected chi connectivity index (χ3v) is 2.30. The van der Waals surface area contributed by atoms with E-state index in [4.69, 9.17) is 14.9 Å². The first-order valence-corrected chi connectivity index (χ1v) is 5.13. The smallest absolute Gasteiger partial charge is 0.347 e. The van der Waals surface area contributed by atoms with Crippen molar-refractivity contribution in [2.75, 3.05) is 12.3 Å². The lowest BCUT2D eigenvalue weighted by atomic mass is 10.1. The number of benzene rings is 1. The third kappa shape index (κ3) is 1.87. The molecule has 1 aromatic heterocycles. The molecular formula is C12H11NO4. The number of nitrogens with two attached hydrogens (primary N) is 1. The molecule has 2 N–H and O–H groups in total. The van der Waals surface area contributed by atoms with Crippen LogP contribution in [-0.2, 0) is 4.74 Å². The van der Waals surface area contributed by atoms with Gasteiger partial charge in [0.05, 0.1) is 12.0 Å². The maximum absolute atomic E-state index is 12.0. The van der Waals surface area contributed by atoms with Crippen molar-refractivity contribution in [3.05, 3.63) is 40.1 Å². The molecule has 0 bridgehead atoms. The average Bonchev–Trinajstić information content (AvgIpc) is 2.29. The number of anilines is 1. The van der Waals surface area contributed by atoms with E-state index < -0.39 is 11.4 Å². The van der Waals surface area contributed by atoms with Crippen LogP contribution in [0.5, 0.6) is 0 Å². The molecule has 0 saturated carbocycles. The monoisotopic (exact) mass is 233 g/mol. The molecule has 0 radical (unpaired) electrons. The van der Waals surface area contributed by atoms with Gasteiger partial charge in [-0.3, -0.25) is 4.79 Å². The van der Waals surface area contributed by atoms with Crippen LogP contribution in [0.3, 0.4) is 0 Å². The zero-order chi connectivity index (χ0) is 12.4. The average molecular weight is 233 g/mol. The van der Waals surface area contributed by atoms with Crippen molar-refractivity contribution in [3.8, 4) is 0 Å². The van der Waals surface area contributed by atoms with Crippen LogP contribution in [0.4, 0.5) is 5.88 Å². The summed E-state index contributed by atoms with van der Waals surface area (Å²) in [5.74, 6) is -0.975. The summed E-state index contributed by atoms with van der Waals surface area (Å²) in [7, 11) is 0. The molecule has 0 aliphatic heterocycles. The zero-order valence-electron chi connectivity index (χ0n) is 9.23. The van der Waals surface area contributed by atoms with Crippen LogP contribution in [0.15, 0.2) is 33.5 Å². The van der Waals surface area contributed by atoms with E-state index in [0.717, 1.165) is 0 Å². The van der Waals surface area contributed by atoms with Crippen LogP contribution in [0, 0.1) is 0 Å². The van der Waals surface area contributed by atoms with E-state index in [9.17, 15) is 9.59 Å². The Morgan fingerprint density at radius 3 is 2.82 bits per heavy atom. The fourth-order valence-corrected chi connectivity index (χ4v) is 1.56. The summed E-state index contributed by atoms with van der Waals surface area (Å²) in [6.07, 6.45) is 0. The lowest BCUT2D eigenvalue weighted by molar-refractivity contribution is 0.0524. The van der Waals surface area contributed by atoms with Crippen LogP contribution in [-0.4, -0.2) is 12.6 Å². The van der Waals surface area contributed by atoms with E-state index in [2.05, 4.69) is 0 Å². The number of fused-ring (bicyclic) bond motifs is 1. The third-order valence-electron chi connectivity index (χ3n) is 2.30. The number of esters is 1. The first-order chi connectivity index (χ1) is 8.15. The van der Waals surface area contributed by atoms with Gasteiger partial charge in [0.2, 0.25) is 11.3 Å². The van der Waals surface area contributed by atoms with Gasteiger partial charge in [0.25, 0.3) is 0 Å². The standard InChI is InChI=1S/C12H11NO4/c1-2-16-12(15)9-10(14)7-5-3-4-6-8(7)17-11(9)13/h3-6H,2,13H2,1H3. The van der Waals surface area contributed by atoms with E-state index in [1.165, 1.54) is 0 Å². The predicted octanol–water partition coefficient (Wildman–Crippen LogP) is 1.55. The molecule has 5 nitrogen and oxygen atoms in total. The van der Waals surface area contributed by atoms with E-state index in [-0.39, 0.29) is 18.1 Å². The highest BCUT2D eigenvalue weighted by molar-refractivity contribution is 5.97. The molecule has 17 heavy (non-hydrogen) atoms. The second-order valence-electron chi connectivity index (χ2n) is 3.39. The van der Waals surface area contributed by atoms with Crippen molar-refractivity contribution in [2.24, 2.45) is 0 Å². The number of hydrogen-bond donors (Lipinski definition) is 1. The minimum atomic E-state index is -0.760. The largest absolute Gasteiger partial charge is 0.462 e. The molecule has 0 aliphatic rings. The van der Waals surface area contributed by atoms with Gasteiger partial charge >= 0.3 is 5.97 Å². The Bertz CT molecular complexity index is 630. The molecule has 2 rings (SSSR count). The van der Waals surface area contributed by atoms with E-state index >= 15 is 0 Å². The Kier molecular flexibility index (Phi) is 2.82. The van der Waals surface area contributed by atoms with E-state index in [0.29, 0.717) is 11.0 Å². The number of carbonyl (C=O) groups excluding carboxylic acids is 1. The van der Waals surface area contributed by atoms with Crippen LogP contribution in [0.25, 0.3) is 11.0 Å². The highest BCUT2D eigenvalue weighted by Crippen LogP contribution is 2.17. The van der Waals surface area contributed by atoms with Crippen molar-refractivity contribution in [3.63, 3.8) is 0 Å². The van der Waals surface area contributed by atoms with Crippen molar-refractivity contribution in [1.82, 2.24) is 0 Å². The van der Waals surface area contributed by atoms with Crippen molar-refractivity contribution >= 4 is 22.8 Å². The number of ether oxygens (including phenoxy) is 1. The lowest BCUT2D eigenvalue weighted by Gasteiger charge is -2.05. The maximum Gasteiger partial charge on any atom is 0.347 e. The Labute approximate surface area is 96.8 Å². The molecule has 0 amide bonds. The van der Waals surface area contributed by atoms with Gasteiger partial charge in [-0.1, -0.05) is 12.1 Å². The summed E-state index contributed by atoms with van der Waals surface area (Å²) in [5, 5.41) is 0.310. The summed E-state index contributed by atoms with van der Waals surface area (Å²) >= 11 is 0. The highest BCUT2D eigenvalue weighted by atomic mass is 16.5. The Balaban J connectivity index is 2.72. The molecule has 0 atom stereocenters. The number of para-hydroxylation sites is 1. The van der Waals surface area contributed by atoms with Gasteiger partial charge in [-0.2, -0.15) is 0 Å². The van der Waals surface area contributed by atoms with E-state index in [1.54, 1.807) is 31.2 Å². The zero-order valence-corrected chi connectivity index (χ0v) is 9.23. The Morgan fingerprint density at radius 2 is 2.12 bits per heavy atom. The molecule has 1 heterocycles. The second kappa shape index (κ2) is 4.29. The number of carbonyl (C=O) groups is 1. The Morgan fingerprint density at radius 1 is 1.41 bits per heavy atom. The first-order valence-electron chi connectivity index (χ1n) is 5.13. The fraction of sp³-hybridized carbons (Fsp3) is 0.167. The summed E-state index contributed by atoms with van der Waals surface area (Å²) in [5.41, 5.74) is 5.19. The summed E-state index contributed by atoms with van der Waals surface area (Å²) in [4.78, 5) is 23.6. The van der Waals surface area contributed by atoms with E-state index in [1.807, 2.05) is 0 Å². The molecule has 5 heteroatoms. The summed E-state index contributed by atoms with van der Waals surface area (Å²) in [6, 6.07) is 6.59. The number of rotatable bonds is 2. The predicted molar refractivity (Wildman–Crippen MR) is 62.9 cm³/mol. The fourth-order valence-electron chi connectivity index (χ4n) is 1.56. The quantitative estimate of drug-likeness (QED) is 0.796. The van der Waals surface area contributed by atoms with Gasteiger partial charge in [0.1, 0.15) is 5.58 Å². The normalized spacial score (nSPS) is 10.4. The van der Waals surface area contributed by atoms with Crippen molar-refractivity contribution in [1.29, 1.82) is 0 Å². The van der Waals surface area contributed by atoms with Crippen molar-refractivity contribution < 1.29 is 13.9 Å². The van der Waals surface area contributed by atoms with Gasteiger partial charge in [0, 0.05) is 0 Å². The summed E-state index contributed by atoms with van der Waals surface area (Å²) in [6.45, 7) is 1.82. The molecule has 0 saturated heterocycles. The maximum atomic E-state index is 12.0. The van der Waals surface area contributed by atoms with Crippen LogP contribution < -0.4 is 11.2 Å². The second-order valence-corrected chi connectivity index (χ2v) is 3.39. The molecule has 0 spiro atoms. The molecule has 2 aromatic rings. The molecule has 0 unspecified atom stereocenters. The van der Waals surface area contributed by atoms with Gasteiger partial charge in [0.15, 0.2) is 5.56 Å². The lowest BCUT2D eigenvalue weighted by Crippen LogP contribution is -2.20. The van der Waals surface area contributed by atoms with Crippen LogP contribution >= 0.6 is 0 Å². The SMILES string of the molecule is CCOC(=O)c1c(N)oc2ccccc2c1=O. The number of nitrogen functional groups attached to an aromatic ring is 1. The minimum absolute atomic E-state index is 0.171. The van der Waals surface area contributed by atoms with Gasteiger partial charge in [-0.05, 0) is 19.1 Å². The van der Waals surface area contributed by atoms with Crippen LogP contribution in [0.2, 0.25) is 0 Å². The summed E-state index contributed by atoms with van der Waals surface area (Å²) < 4.78 is 9.98.